The van der Waals surface area contributed by atoms with Crippen molar-refractivity contribution in [1.29, 1.82) is 0 Å². The molecule has 0 aliphatic rings. The molecule has 1 aromatic rings. The highest BCUT2D eigenvalue weighted by atomic mass is 35.5. The van der Waals surface area contributed by atoms with Gasteiger partial charge >= 0.3 is 11.9 Å². The Balaban J connectivity index is 3.09. The number of ether oxygens (including phenoxy) is 2. The summed E-state index contributed by atoms with van der Waals surface area (Å²) < 4.78 is 9.56. The van der Waals surface area contributed by atoms with Crippen molar-refractivity contribution in [2.45, 2.75) is 13.8 Å². The first kappa shape index (κ1) is 18.6. The first-order valence-electron chi connectivity index (χ1n) is 6.72. The average molecular weight is 343 g/mol. The molecular weight excluding hydrogens is 328 g/mol. The van der Waals surface area contributed by atoms with Crippen molar-refractivity contribution in [3.8, 4) is 0 Å². The van der Waals surface area contributed by atoms with E-state index in [2.05, 4.69) is 4.99 Å². The van der Waals surface area contributed by atoms with Crippen LogP contribution in [0.15, 0.2) is 23.2 Å². The Morgan fingerprint density at radius 3 is 2.35 bits per heavy atom. The molecule has 0 aromatic heterocycles. The van der Waals surface area contributed by atoms with E-state index in [0.717, 1.165) is 12.3 Å². The molecule has 1 aromatic carbocycles. The highest BCUT2D eigenvalue weighted by molar-refractivity contribution is 6.33. The summed E-state index contributed by atoms with van der Waals surface area (Å²) in [5, 5.41) is 10.9. The third-order valence-electron chi connectivity index (χ3n) is 2.58. The molecule has 0 saturated carbocycles. The Morgan fingerprint density at radius 1 is 1.30 bits per heavy atom. The number of rotatable bonds is 7. The van der Waals surface area contributed by atoms with Gasteiger partial charge in [-0.15, -0.1) is 0 Å². The number of carbonyl (C=O) groups excluding carboxylic acids is 2. The number of nitro groups is 1. The molecule has 0 saturated heterocycles. The summed E-state index contributed by atoms with van der Waals surface area (Å²) in [4.78, 5) is 37.6. The fourth-order valence-electron chi connectivity index (χ4n) is 1.55. The lowest BCUT2D eigenvalue weighted by molar-refractivity contribution is -0.384. The summed E-state index contributed by atoms with van der Waals surface area (Å²) in [6.07, 6.45) is 1.00. The number of nitrogens with zero attached hydrogens (tertiary/aromatic N) is 2. The Labute approximate surface area is 137 Å². The number of esters is 2. The van der Waals surface area contributed by atoms with E-state index in [9.17, 15) is 19.7 Å². The van der Waals surface area contributed by atoms with Crippen LogP contribution >= 0.6 is 11.6 Å². The van der Waals surface area contributed by atoms with E-state index in [1.165, 1.54) is 12.1 Å². The SMILES string of the molecule is CCOC(=O)C(C=Nc1cc([N+](=O)[O-])ccc1Cl)C(=O)OCC. The monoisotopic (exact) mass is 342 g/mol. The Bertz CT molecular complexity index is 614. The lowest BCUT2D eigenvalue weighted by Gasteiger charge is -2.10. The van der Waals surface area contributed by atoms with E-state index in [0.29, 0.717) is 0 Å². The van der Waals surface area contributed by atoms with E-state index in [4.69, 9.17) is 21.1 Å². The first-order chi connectivity index (χ1) is 10.9. The molecule has 0 fully saturated rings. The van der Waals surface area contributed by atoms with Crippen LogP contribution in [0.1, 0.15) is 13.8 Å². The van der Waals surface area contributed by atoms with Crippen molar-refractivity contribution in [2.24, 2.45) is 10.9 Å². The summed E-state index contributed by atoms with van der Waals surface area (Å²) in [5.74, 6) is -3.02. The van der Waals surface area contributed by atoms with Crippen molar-refractivity contribution in [3.05, 3.63) is 33.3 Å². The number of halogens is 1. The number of aliphatic imine (C=N–C) groups is 1. The highest BCUT2D eigenvalue weighted by Crippen LogP contribution is 2.29. The van der Waals surface area contributed by atoms with Gasteiger partial charge in [0.25, 0.3) is 5.69 Å². The molecule has 0 aliphatic heterocycles. The molecule has 0 N–H and O–H groups in total. The number of carbonyl (C=O) groups is 2. The van der Waals surface area contributed by atoms with Crippen LogP contribution in [0.25, 0.3) is 0 Å². The van der Waals surface area contributed by atoms with E-state index in [-0.39, 0.29) is 29.6 Å². The van der Waals surface area contributed by atoms with Crippen molar-refractivity contribution < 1.29 is 24.0 Å². The van der Waals surface area contributed by atoms with Crippen molar-refractivity contribution in [2.75, 3.05) is 13.2 Å². The maximum Gasteiger partial charge on any atom is 0.325 e. The van der Waals surface area contributed by atoms with E-state index < -0.39 is 22.8 Å². The second kappa shape index (κ2) is 8.84. The third kappa shape index (κ3) is 5.33. The molecule has 9 heteroatoms. The zero-order chi connectivity index (χ0) is 17.4. The largest absolute Gasteiger partial charge is 0.465 e. The minimum absolute atomic E-state index is 0.0551. The quantitative estimate of drug-likeness (QED) is 0.248. The van der Waals surface area contributed by atoms with Gasteiger partial charge in [-0.3, -0.25) is 24.7 Å². The van der Waals surface area contributed by atoms with Crippen LogP contribution in [0, 0.1) is 16.0 Å². The molecule has 23 heavy (non-hydrogen) atoms. The predicted molar refractivity (Wildman–Crippen MR) is 83.0 cm³/mol. The second-order valence-corrected chi connectivity index (χ2v) is 4.56. The molecule has 0 spiro atoms. The minimum Gasteiger partial charge on any atom is -0.465 e. The van der Waals surface area contributed by atoms with Gasteiger partial charge < -0.3 is 9.47 Å². The van der Waals surface area contributed by atoms with Crippen LogP contribution in [0.2, 0.25) is 5.02 Å². The van der Waals surface area contributed by atoms with Crippen LogP contribution < -0.4 is 0 Å². The lowest BCUT2D eigenvalue weighted by atomic mass is 10.1. The third-order valence-corrected chi connectivity index (χ3v) is 2.90. The Kier molecular flexibility index (Phi) is 7.14. The molecule has 8 nitrogen and oxygen atoms in total. The van der Waals surface area contributed by atoms with Gasteiger partial charge in [-0.1, -0.05) is 11.6 Å². The number of benzene rings is 1. The standard InChI is InChI=1S/C14H15ClN2O6/c1-3-22-13(18)10(14(19)23-4-2)8-16-12-7-9(17(20)21)5-6-11(12)15/h5-8,10H,3-4H2,1-2H3. The van der Waals surface area contributed by atoms with E-state index in [1.54, 1.807) is 13.8 Å². The van der Waals surface area contributed by atoms with Gasteiger partial charge in [-0.25, -0.2) is 0 Å². The normalized spacial score (nSPS) is 10.8. The van der Waals surface area contributed by atoms with Crippen LogP contribution in [0.5, 0.6) is 0 Å². The Morgan fingerprint density at radius 2 is 1.87 bits per heavy atom. The van der Waals surface area contributed by atoms with Crippen LogP contribution in [-0.2, 0) is 19.1 Å². The number of hydrogen-bond donors (Lipinski definition) is 0. The van der Waals surface area contributed by atoms with Crippen molar-refractivity contribution in [1.82, 2.24) is 0 Å². The van der Waals surface area contributed by atoms with Gasteiger partial charge in [0, 0.05) is 18.3 Å². The Hall–Kier alpha value is -2.48. The maximum atomic E-state index is 11.8. The van der Waals surface area contributed by atoms with E-state index >= 15 is 0 Å². The zero-order valence-corrected chi connectivity index (χ0v) is 13.3. The van der Waals surface area contributed by atoms with Crippen molar-refractivity contribution >= 4 is 41.1 Å². The second-order valence-electron chi connectivity index (χ2n) is 4.15. The predicted octanol–water partition coefficient (Wildman–Crippen LogP) is 2.69. The molecule has 0 unspecified atom stereocenters. The molecule has 0 amide bonds. The summed E-state index contributed by atoms with van der Waals surface area (Å²) in [6.45, 7) is 3.35. The van der Waals surface area contributed by atoms with Gasteiger partial charge in [0.1, 0.15) is 0 Å². The van der Waals surface area contributed by atoms with Gasteiger partial charge in [0.05, 0.1) is 28.8 Å². The molecule has 124 valence electrons. The van der Waals surface area contributed by atoms with Crippen molar-refractivity contribution in [3.63, 3.8) is 0 Å². The fraction of sp³-hybridized carbons (Fsp3) is 0.357. The number of non-ortho nitro benzene ring substituents is 1. The molecule has 0 bridgehead atoms. The maximum absolute atomic E-state index is 11.8. The van der Waals surface area contributed by atoms with Crippen LogP contribution in [0.4, 0.5) is 11.4 Å². The molecule has 0 atom stereocenters. The molecule has 0 heterocycles. The molecule has 0 radical (unpaired) electrons. The topological polar surface area (TPSA) is 108 Å². The summed E-state index contributed by atoms with van der Waals surface area (Å²) in [7, 11) is 0. The summed E-state index contributed by atoms with van der Waals surface area (Å²) in [6, 6.07) is 3.65. The smallest absolute Gasteiger partial charge is 0.325 e. The molecule has 1 rings (SSSR count). The van der Waals surface area contributed by atoms with Crippen LogP contribution in [-0.4, -0.2) is 36.3 Å². The van der Waals surface area contributed by atoms with Gasteiger partial charge in [0.2, 0.25) is 0 Å². The molecular formula is C14H15ClN2O6. The summed E-state index contributed by atoms with van der Waals surface area (Å²) in [5.41, 5.74) is -0.162. The number of hydrogen-bond acceptors (Lipinski definition) is 7. The minimum atomic E-state index is -1.37. The highest BCUT2D eigenvalue weighted by Gasteiger charge is 2.27. The van der Waals surface area contributed by atoms with Gasteiger partial charge in [-0.05, 0) is 19.9 Å². The zero-order valence-electron chi connectivity index (χ0n) is 12.5. The van der Waals surface area contributed by atoms with Gasteiger partial charge in [0.15, 0.2) is 5.92 Å². The fourth-order valence-corrected chi connectivity index (χ4v) is 1.72. The van der Waals surface area contributed by atoms with E-state index in [1.807, 2.05) is 0 Å². The van der Waals surface area contributed by atoms with Crippen LogP contribution in [0.3, 0.4) is 0 Å². The van der Waals surface area contributed by atoms with Gasteiger partial charge in [-0.2, -0.15) is 0 Å². The average Bonchev–Trinajstić information content (AvgIpc) is 2.49. The summed E-state index contributed by atoms with van der Waals surface area (Å²) >= 11 is 5.90. The number of nitro benzene ring substituents is 1. The lowest BCUT2D eigenvalue weighted by Crippen LogP contribution is -2.29. The first-order valence-corrected chi connectivity index (χ1v) is 7.09. The molecule has 0 aliphatic carbocycles.